The Kier molecular flexibility index (Phi) is 9.13. The highest BCUT2D eigenvalue weighted by Crippen LogP contribution is 2.39. The molecule has 9 heteroatoms. The predicted molar refractivity (Wildman–Crippen MR) is 144 cm³/mol. The molecule has 2 aromatic rings. The van der Waals surface area contributed by atoms with E-state index in [1.165, 1.54) is 5.56 Å². The third-order valence-electron chi connectivity index (χ3n) is 6.06. The van der Waals surface area contributed by atoms with E-state index in [9.17, 15) is 0 Å². The van der Waals surface area contributed by atoms with Gasteiger partial charge in [0.15, 0.2) is 5.96 Å². The summed E-state index contributed by atoms with van der Waals surface area (Å²) in [6.45, 7) is 10.3. The maximum Gasteiger partial charge on any atom is 0.225 e. The zero-order valence-electron chi connectivity index (χ0n) is 19.8. The lowest BCUT2D eigenvalue weighted by Gasteiger charge is -2.38. The van der Waals surface area contributed by atoms with Crippen molar-refractivity contribution in [2.75, 3.05) is 51.2 Å². The molecule has 0 radical (unpaired) electrons. The molecule has 0 saturated carbocycles. The number of hydrogen-bond donors (Lipinski definition) is 2. The normalized spacial score (nSPS) is 20.3. The van der Waals surface area contributed by atoms with Crippen molar-refractivity contribution in [1.82, 2.24) is 25.5 Å². The number of aliphatic imine (C=N–C) groups is 1. The van der Waals surface area contributed by atoms with Gasteiger partial charge in [-0.05, 0) is 38.9 Å². The Hall–Kier alpha value is -2.14. The summed E-state index contributed by atoms with van der Waals surface area (Å²) < 4.78 is 6.15. The SMILES string of the molecule is CN=C(NCCCN1CCN(c2ncccn2)CC1)NC1CC(C)(C)Oc2ccccc21.I. The number of ether oxygens (including phenoxy) is 1. The highest BCUT2D eigenvalue weighted by molar-refractivity contribution is 14.0. The molecule has 1 aromatic heterocycles. The van der Waals surface area contributed by atoms with E-state index in [0.29, 0.717) is 0 Å². The van der Waals surface area contributed by atoms with Crippen molar-refractivity contribution in [3.63, 3.8) is 0 Å². The van der Waals surface area contributed by atoms with Crippen LogP contribution in [-0.2, 0) is 0 Å². The minimum absolute atomic E-state index is 0. The molecule has 2 aliphatic heterocycles. The smallest absolute Gasteiger partial charge is 0.225 e. The summed E-state index contributed by atoms with van der Waals surface area (Å²) in [4.78, 5) is 17.9. The molecule has 8 nitrogen and oxygen atoms in total. The van der Waals surface area contributed by atoms with Crippen LogP contribution in [0.15, 0.2) is 47.7 Å². The summed E-state index contributed by atoms with van der Waals surface area (Å²) >= 11 is 0. The topological polar surface area (TPSA) is 77.9 Å². The van der Waals surface area contributed by atoms with Crippen molar-refractivity contribution in [3.05, 3.63) is 48.3 Å². The molecule has 0 spiro atoms. The Labute approximate surface area is 214 Å². The lowest BCUT2D eigenvalue weighted by atomic mass is 9.90. The van der Waals surface area contributed by atoms with Gasteiger partial charge in [-0.3, -0.25) is 9.89 Å². The molecule has 3 heterocycles. The second-order valence-corrected chi connectivity index (χ2v) is 9.03. The molecule has 1 atom stereocenters. The second kappa shape index (κ2) is 11.8. The summed E-state index contributed by atoms with van der Waals surface area (Å²) in [5.41, 5.74) is 0.979. The van der Waals surface area contributed by atoms with Gasteiger partial charge in [0.2, 0.25) is 5.95 Å². The van der Waals surface area contributed by atoms with Gasteiger partial charge in [0, 0.05) is 64.1 Å². The Morgan fingerprint density at radius 1 is 1.12 bits per heavy atom. The largest absolute Gasteiger partial charge is 0.487 e. The van der Waals surface area contributed by atoms with Crippen LogP contribution in [0.1, 0.15) is 38.3 Å². The van der Waals surface area contributed by atoms with Crippen molar-refractivity contribution in [1.29, 1.82) is 0 Å². The molecule has 2 aliphatic rings. The molecule has 180 valence electrons. The number of fused-ring (bicyclic) bond motifs is 1. The minimum Gasteiger partial charge on any atom is -0.487 e. The van der Waals surface area contributed by atoms with Gasteiger partial charge < -0.3 is 20.3 Å². The summed E-state index contributed by atoms with van der Waals surface area (Å²) in [7, 11) is 1.83. The average molecular weight is 566 g/mol. The summed E-state index contributed by atoms with van der Waals surface area (Å²) in [5, 5.41) is 7.09. The highest BCUT2D eigenvalue weighted by atomic mass is 127. The molecule has 4 rings (SSSR count). The Morgan fingerprint density at radius 2 is 1.85 bits per heavy atom. The fourth-order valence-electron chi connectivity index (χ4n) is 4.43. The number of guanidine groups is 1. The molecule has 1 saturated heterocycles. The van der Waals surface area contributed by atoms with Crippen LogP contribution >= 0.6 is 24.0 Å². The molecule has 0 bridgehead atoms. The second-order valence-electron chi connectivity index (χ2n) is 9.03. The standard InChI is InChI=1S/C24H35N7O.HI/c1-24(2)18-20(19-8-4-5-9-21(19)32-24)29-22(25-3)26-12-7-13-30-14-16-31(17-15-30)23-27-10-6-11-28-23;/h4-6,8-11,20H,7,12-18H2,1-3H3,(H2,25,26,29);1H. The fourth-order valence-corrected chi connectivity index (χ4v) is 4.43. The third kappa shape index (κ3) is 6.92. The van der Waals surface area contributed by atoms with Gasteiger partial charge in [0.25, 0.3) is 0 Å². The van der Waals surface area contributed by atoms with Crippen LogP contribution < -0.4 is 20.3 Å². The van der Waals surface area contributed by atoms with Gasteiger partial charge in [0.1, 0.15) is 11.4 Å². The minimum atomic E-state index is -0.211. The number of benzene rings is 1. The average Bonchev–Trinajstić information content (AvgIpc) is 2.81. The predicted octanol–water partition coefficient (Wildman–Crippen LogP) is 3.07. The molecular weight excluding hydrogens is 529 g/mol. The molecule has 1 unspecified atom stereocenters. The van der Waals surface area contributed by atoms with Crippen LogP contribution in [0, 0.1) is 0 Å². The Balaban J connectivity index is 0.00000306. The van der Waals surface area contributed by atoms with Crippen LogP contribution in [0.4, 0.5) is 5.95 Å². The van der Waals surface area contributed by atoms with Gasteiger partial charge in [-0.2, -0.15) is 0 Å². The summed E-state index contributed by atoms with van der Waals surface area (Å²) in [5.74, 6) is 2.63. The van der Waals surface area contributed by atoms with E-state index in [1.54, 1.807) is 12.4 Å². The zero-order valence-corrected chi connectivity index (χ0v) is 22.2. The maximum atomic E-state index is 6.15. The van der Waals surface area contributed by atoms with E-state index in [4.69, 9.17) is 4.74 Å². The summed E-state index contributed by atoms with van der Waals surface area (Å²) in [6.07, 6.45) is 5.57. The van der Waals surface area contributed by atoms with Crippen LogP contribution in [0.3, 0.4) is 0 Å². The van der Waals surface area contributed by atoms with E-state index in [2.05, 4.69) is 61.4 Å². The van der Waals surface area contributed by atoms with Crippen molar-refractivity contribution in [2.24, 2.45) is 4.99 Å². The van der Waals surface area contributed by atoms with E-state index in [0.717, 1.165) is 69.8 Å². The van der Waals surface area contributed by atoms with Crippen LogP contribution in [0.25, 0.3) is 0 Å². The monoisotopic (exact) mass is 565 g/mol. The highest BCUT2D eigenvalue weighted by Gasteiger charge is 2.33. The zero-order chi connectivity index (χ0) is 22.4. The molecule has 0 amide bonds. The molecular formula is C24H36IN7O. The van der Waals surface area contributed by atoms with Crippen molar-refractivity contribution < 1.29 is 4.74 Å². The van der Waals surface area contributed by atoms with Gasteiger partial charge in [-0.15, -0.1) is 24.0 Å². The van der Waals surface area contributed by atoms with Crippen LogP contribution in [0.5, 0.6) is 5.75 Å². The number of nitrogens with one attached hydrogen (secondary N) is 2. The molecule has 1 fully saturated rings. The molecule has 1 aromatic carbocycles. The van der Waals surface area contributed by atoms with Crippen molar-refractivity contribution in [2.45, 2.75) is 38.3 Å². The number of halogens is 1. The van der Waals surface area contributed by atoms with Gasteiger partial charge in [0.05, 0.1) is 6.04 Å². The molecule has 2 N–H and O–H groups in total. The number of nitrogens with zero attached hydrogens (tertiary/aromatic N) is 5. The number of aromatic nitrogens is 2. The first-order valence-corrected chi connectivity index (χ1v) is 11.5. The number of anilines is 1. The molecule has 33 heavy (non-hydrogen) atoms. The third-order valence-corrected chi connectivity index (χ3v) is 6.06. The van der Waals surface area contributed by atoms with Gasteiger partial charge in [-0.25, -0.2) is 9.97 Å². The summed E-state index contributed by atoms with van der Waals surface area (Å²) in [6, 6.07) is 10.3. The van der Waals surface area contributed by atoms with E-state index >= 15 is 0 Å². The van der Waals surface area contributed by atoms with E-state index in [-0.39, 0.29) is 35.6 Å². The first-order chi connectivity index (χ1) is 15.5. The van der Waals surface area contributed by atoms with E-state index in [1.807, 2.05) is 25.2 Å². The number of para-hydroxylation sites is 1. The number of hydrogen-bond acceptors (Lipinski definition) is 6. The van der Waals surface area contributed by atoms with Crippen molar-refractivity contribution in [3.8, 4) is 5.75 Å². The first-order valence-electron chi connectivity index (χ1n) is 11.5. The van der Waals surface area contributed by atoms with Gasteiger partial charge >= 0.3 is 0 Å². The lowest BCUT2D eigenvalue weighted by Crippen LogP contribution is -2.48. The maximum absolute atomic E-state index is 6.15. The quantitative estimate of drug-likeness (QED) is 0.241. The first kappa shape index (κ1) is 25.5. The van der Waals surface area contributed by atoms with Gasteiger partial charge in [-0.1, -0.05) is 18.2 Å². The lowest BCUT2D eigenvalue weighted by molar-refractivity contribution is 0.0694. The van der Waals surface area contributed by atoms with Crippen molar-refractivity contribution >= 4 is 35.9 Å². The Bertz CT molecular complexity index is 901. The number of piperazine rings is 1. The van der Waals surface area contributed by atoms with E-state index < -0.39 is 0 Å². The number of rotatable bonds is 6. The van der Waals surface area contributed by atoms with Crippen LogP contribution in [0.2, 0.25) is 0 Å². The Morgan fingerprint density at radius 3 is 2.58 bits per heavy atom. The fraction of sp³-hybridized carbons (Fsp3) is 0.542. The molecule has 0 aliphatic carbocycles. The van der Waals surface area contributed by atoms with Crippen LogP contribution in [-0.4, -0.2) is 72.7 Å².